The summed E-state index contributed by atoms with van der Waals surface area (Å²) in [6, 6.07) is 11.5. The highest BCUT2D eigenvalue weighted by molar-refractivity contribution is 5.76. The molecule has 0 spiro atoms. The summed E-state index contributed by atoms with van der Waals surface area (Å²) in [5, 5.41) is 9.96. The number of benzene rings is 1. The molecule has 3 aliphatic heterocycles. The van der Waals surface area contributed by atoms with Crippen LogP contribution in [0.15, 0.2) is 30.3 Å². The van der Waals surface area contributed by atoms with Crippen LogP contribution in [0.5, 0.6) is 0 Å². The Labute approximate surface area is 162 Å². The van der Waals surface area contributed by atoms with Gasteiger partial charge in [0.2, 0.25) is 0 Å². The van der Waals surface area contributed by atoms with Crippen LogP contribution in [0.4, 0.5) is 0 Å². The van der Waals surface area contributed by atoms with Crippen molar-refractivity contribution in [1.29, 1.82) is 0 Å². The lowest BCUT2D eigenvalue weighted by Crippen LogP contribution is -2.64. The number of piperidine rings is 3. The van der Waals surface area contributed by atoms with Crippen molar-refractivity contribution >= 4 is 5.97 Å². The molecule has 0 aliphatic carbocycles. The van der Waals surface area contributed by atoms with E-state index >= 15 is 0 Å². The van der Waals surface area contributed by atoms with Gasteiger partial charge in [0.25, 0.3) is 0 Å². The van der Waals surface area contributed by atoms with E-state index in [2.05, 4.69) is 52.1 Å². The molecule has 2 atom stereocenters. The maximum Gasteiger partial charge on any atom is 0.311 e. The number of aliphatic carboxylic acids is 1. The van der Waals surface area contributed by atoms with E-state index in [1.807, 2.05) is 0 Å². The Hall–Kier alpha value is -1.43. The smallest absolute Gasteiger partial charge is 0.311 e. The van der Waals surface area contributed by atoms with E-state index in [9.17, 15) is 9.90 Å². The number of likely N-dealkylation sites (N-methyl/N-ethyl adjacent to an activating group) is 1. The largest absolute Gasteiger partial charge is 0.481 e. The van der Waals surface area contributed by atoms with Crippen LogP contribution in [-0.2, 0) is 11.3 Å². The molecule has 1 aromatic rings. The van der Waals surface area contributed by atoms with Crippen molar-refractivity contribution in [2.75, 3.05) is 39.8 Å². The standard InChI is InChI=1S/C22H33N3O2/c1-23-12-5-10-22(21(26)27)11-15-25(17-20(22)23)19-8-13-24(14-9-19)16-18-6-3-2-4-7-18/h2-4,6-7,19-20H,5,8-17H2,1H3,(H,26,27)/t20-,22+/m1/s1. The summed E-state index contributed by atoms with van der Waals surface area (Å²) in [6.45, 7) is 6.22. The maximum absolute atomic E-state index is 12.1. The second kappa shape index (κ2) is 7.90. The third-order valence-corrected chi connectivity index (χ3v) is 7.30. The molecule has 0 bridgehead atoms. The van der Waals surface area contributed by atoms with Gasteiger partial charge in [0.05, 0.1) is 5.41 Å². The van der Waals surface area contributed by atoms with Crippen molar-refractivity contribution in [3.63, 3.8) is 0 Å². The molecule has 1 N–H and O–H groups in total. The summed E-state index contributed by atoms with van der Waals surface area (Å²) < 4.78 is 0. The molecule has 1 aromatic carbocycles. The molecule has 0 amide bonds. The lowest BCUT2D eigenvalue weighted by molar-refractivity contribution is -0.163. The van der Waals surface area contributed by atoms with Crippen molar-refractivity contribution in [2.45, 2.75) is 50.7 Å². The Balaban J connectivity index is 1.35. The summed E-state index contributed by atoms with van der Waals surface area (Å²) in [5.41, 5.74) is 0.876. The molecule has 5 nitrogen and oxygen atoms in total. The molecule has 0 radical (unpaired) electrons. The molecule has 27 heavy (non-hydrogen) atoms. The molecular weight excluding hydrogens is 338 g/mol. The van der Waals surface area contributed by atoms with E-state index in [0.29, 0.717) is 6.04 Å². The molecular formula is C22H33N3O2. The van der Waals surface area contributed by atoms with Gasteiger partial charge in [-0.3, -0.25) is 14.6 Å². The highest BCUT2D eigenvalue weighted by atomic mass is 16.4. The van der Waals surface area contributed by atoms with Gasteiger partial charge >= 0.3 is 5.97 Å². The summed E-state index contributed by atoms with van der Waals surface area (Å²) in [7, 11) is 2.12. The fraction of sp³-hybridized carbons (Fsp3) is 0.682. The van der Waals surface area contributed by atoms with Gasteiger partial charge in [-0.2, -0.15) is 0 Å². The van der Waals surface area contributed by atoms with Crippen molar-refractivity contribution in [1.82, 2.24) is 14.7 Å². The van der Waals surface area contributed by atoms with Gasteiger partial charge < -0.3 is 10.0 Å². The van der Waals surface area contributed by atoms with E-state index in [-0.39, 0.29) is 6.04 Å². The van der Waals surface area contributed by atoms with Gasteiger partial charge in [-0.1, -0.05) is 30.3 Å². The van der Waals surface area contributed by atoms with E-state index < -0.39 is 11.4 Å². The number of likely N-dealkylation sites (tertiary alicyclic amines) is 3. The highest BCUT2D eigenvalue weighted by Gasteiger charge is 2.52. The van der Waals surface area contributed by atoms with Crippen LogP contribution in [0.1, 0.15) is 37.7 Å². The molecule has 3 aliphatic rings. The number of rotatable bonds is 4. The van der Waals surface area contributed by atoms with Crippen LogP contribution in [0.25, 0.3) is 0 Å². The molecule has 5 heteroatoms. The van der Waals surface area contributed by atoms with Gasteiger partial charge in [-0.15, -0.1) is 0 Å². The van der Waals surface area contributed by atoms with Crippen molar-refractivity contribution in [2.24, 2.45) is 5.41 Å². The third kappa shape index (κ3) is 3.78. The number of hydrogen-bond acceptors (Lipinski definition) is 4. The van der Waals surface area contributed by atoms with E-state index in [0.717, 1.165) is 58.5 Å². The summed E-state index contributed by atoms with van der Waals surface area (Å²) in [4.78, 5) is 19.6. The van der Waals surface area contributed by atoms with Crippen LogP contribution in [0.2, 0.25) is 0 Å². The minimum atomic E-state index is -0.573. The maximum atomic E-state index is 12.1. The molecule has 3 heterocycles. The van der Waals surface area contributed by atoms with Gasteiger partial charge in [0, 0.05) is 25.2 Å². The summed E-state index contributed by atoms with van der Waals surface area (Å²) in [5.74, 6) is -0.573. The fourth-order valence-corrected chi connectivity index (χ4v) is 5.62. The number of fused-ring (bicyclic) bond motifs is 1. The minimum Gasteiger partial charge on any atom is -0.481 e. The quantitative estimate of drug-likeness (QED) is 0.881. The monoisotopic (exact) mass is 371 g/mol. The van der Waals surface area contributed by atoms with E-state index in [1.165, 1.54) is 18.4 Å². The van der Waals surface area contributed by atoms with Gasteiger partial charge in [-0.25, -0.2) is 0 Å². The number of hydrogen-bond donors (Lipinski definition) is 1. The Morgan fingerprint density at radius 3 is 2.56 bits per heavy atom. The van der Waals surface area contributed by atoms with Crippen molar-refractivity contribution < 1.29 is 9.90 Å². The molecule has 4 rings (SSSR count). The molecule has 0 saturated carbocycles. The molecule has 3 saturated heterocycles. The predicted octanol–water partition coefficient (Wildman–Crippen LogP) is 2.52. The van der Waals surface area contributed by atoms with Gasteiger partial charge in [0.1, 0.15) is 0 Å². The Morgan fingerprint density at radius 1 is 1.11 bits per heavy atom. The predicted molar refractivity (Wildman–Crippen MR) is 107 cm³/mol. The van der Waals surface area contributed by atoms with Crippen molar-refractivity contribution in [3.8, 4) is 0 Å². The lowest BCUT2D eigenvalue weighted by atomic mass is 9.68. The average Bonchev–Trinajstić information content (AvgIpc) is 2.69. The Morgan fingerprint density at radius 2 is 1.85 bits per heavy atom. The minimum absolute atomic E-state index is 0.167. The van der Waals surface area contributed by atoms with Crippen LogP contribution in [0, 0.1) is 5.41 Å². The Kier molecular flexibility index (Phi) is 5.53. The van der Waals surface area contributed by atoms with Crippen LogP contribution >= 0.6 is 0 Å². The first-order valence-electron chi connectivity index (χ1n) is 10.5. The molecule has 148 valence electrons. The Bertz CT molecular complexity index is 644. The van der Waals surface area contributed by atoms with Crippen molar-refractivity contribution in [3.05, 3.63) is 35.9 Å². The molecule has 0 aromatic heterocycles. The number of carboxylic acid groups (broad SMARTS) is 1. The molecule has 0 unspecified atom stereocenters. The first kappa shape index (κ1) is 18.9. The number of carboxylic acids is 1. The zero-order valence-corrected chi connectivity index (χ0v) is 16.5. The summed E-state index contributed by atoms with van der Waals surface area (Å²) >= 11 is 0. The third-order valence-electron chi connectivity index (χ3n) is 7.30. The number of nitrogens with zero attached hydrogens (tertiary/aromatic N) is 3. The normalized spacial score (nSPS) is 31.5. The topological polar surface area (TPSA) is 47.0 Å². The van der Waals surface area contributed by atoms with E-state index in [4.69, 9.17) is 0 Å². The first-order chi connectivity index (χ1) is 13.1. The fourth-order valence-electron chi connectivity index (χ4n) is 5.62. The summed E-state index contributed by atoms with van der Waals surface area (Å²) in [6.07, 6.45) is 5.06. The van der Waals surface area contributed by atoms with E-state index in [1.54, 1.807) is 0 Å². The molecule has 3 fully saturated rings. The zero-order valence-electron chi connectivity index (χ0n) is 16.5. The first-order valence-corrected chi connectivity index (χ1v) is 10.5. The van der Waals surface area contributed by atoms with Crippen LogP contribution < -0.4 is 0 Å². The lowest BCUT2D eigenvalue weighted by Gasteiger charge is -2.54. The number of carbonyl (C=O) groups is 1. The second-order valence-corrected chi connectivity index (χ2v) is 8.80. The van der Waals surface area contributed by atoms with Crippen LogP contribution in [-0.4, -0.2) is 77.6 Å². The van der Waals surface area contributed by atoms with Crippen LogP contribution in [0.3, 0.4) is 0 Å². The highest BCUT2D eigenvalue weighted by Crippen LogP contribution is 2.43. The second-order valence-electron chi connectivity index (χ2n) is 8.80. The zero-order chi connectivity index (χ0) is 18.9. The van der Waals surface area contributed by atoms with Gasteiger partial charge in [-0.05, 0) is 70.9 Å². The van der Waals surface area contributed by atoms with Gasteiger partial charge in [0.15, 0.2) is 0 Å². The SMILES string of the molecule is CN1CCC[C@]2(C(=O)O)CCN(C3CCN(Cc4ccccc4)CC3)C[C@@H]12. The average molecular weight is 372 g/mol.